The number of hydrogen-bond donors (Lipinski definition) is 2. The van der Waals surface area contributed by atoms with Crippen LogP contribution in [0.1, 0.15) is 50.5 Å². The highest BCUT2D eigenvalue weighted by atomic mass is 35.5. The molecule has 1 aliphatic heterocycles. The van der Waals surface area contributed by atoms with E-state index >= 15 is 0 Å². The minimum absolute atomic E-state index is 0.0151. The zero-order valence-electron chi connectivity index (χ0n) is 22.5. The standard InChI is InChI=1S/C32H36ClNO5S/c33-26-16-18-27(19-17-26)40(37,38)34-21-28-29(10-6-1-2-7-11-31(35)36)32(20-30(28)39-22-32)25-14-12-24(13-15-25)23-8-4-3-5-9-23/h3-5,8-9,12-19,28-30,34H,1-2,6-7,10-11,20-22H2,(H,35,36)/t28-,29-,30?,32?/m0/s1. The van der Waals surface area contributed by atoms with Gasteiger partial charge in [-0.3, -0.25) is 4.79 Å². The molecule has 5 rings (SSSR count). The topological polar surface area (TPSA) is 92.7 Å². The number of rotatable bonds is 13. The highest BCUT2D eigenvalue weighted by Gasteiger charge is 2.59. The molecular formula is C32H36ClNO5S. The van der Waals surface area contributed by atoms with Gasteiger partial charge in [0, 0.05) is 29.3 Å². The summed E-state index contributed by atoms with van der Waals surface area (Å²) in [5.74, 6) is -0.457. The number of carboxylic acid groups (broad SMARTS) is 1. The fourth-order valence-electron chi connectivity index (χ4n) is 6.64. The summed E-state index contributed by atoms with van der Waals surface area (Å²) in [7, 11) is -3.69. The van der Waals surface area contributed by atoms with E-state index in [1.807, 2.05) is 18.2 Å². The molecule has 1 saturated carbocycles. The average Bonchev–Trinajstić information content (AvgIpc) is 3.53. The number of sulfonamides is 1. The van der Waals surface area contributed by atoms with Gasteiger partial charge in [-0.25, -0.2) is 13.1 Å². The molecule has 2 unspecified atom stereocenters. The first kappa shape index (κ1) is 28.8. The highest BCUT2D eigenvalue weighted by Crippen LogP contribution is 2.57. The first-order valence-electron chi connectivity index (χ1n) is 14.0. The summed E-state index contributed by atoms with van der Waals surface area (Å²) in [6.45, 7) is 0.940. The van der Waals surface area contributed by atoms with Gasteiger partial charge in [-0.1, -0.05) is 85.5 Å². The van der Waals surface area contributed by atoms with Gasteiger partial charge in [0.2, 0.25) is 10.0 Å². The minimum Gasteiger partial charge on any atom is -0.481 e. The fourth-order valence-corrected chi connectivity index (χ4v) is 7.84. The van der Waals surface area contributed by atoms with Gasteiger partial charge in [0.15, 0.2) is 0 Å². The van der Waals surface area contributed by atoms with Crippen LogP contribution in [0.25, 0.3) is 11.1 Å². The van der Waals surface area contributed by atoms with E-state index in [2.05, 4.69) is 41.1 Å². The predicted octanol–water partition coefficient (Wildman–Crippen LogP) is 6.68. The van der Waals surface area contributed by atoms with E-state index in [1.165, 1.54) is 23.3 Å². The first-order chi connectivity index (χ1) is 19.3. The van der Waals surface area contributed by atoms with Crippen molar-refractivity contribution in [2.45, 2.75) is 61.4 Å². The number of ether oxygens (including phenoxy) is 1. The Balaban J connectivity index is 1.34. The molecule has 0 spiro atoms. The van der Waals surface area contributed by atoms with Gasteiger partial charge in [0.1, 0.15) is 0 Å². The number of benzene rings is 3. The number of hydrogen-bond acceptors (Lipinski definition) is 4. The maximum Gasteiger partial charge on any atom is 0.303 e. The van der Waals surface area contributed by atoms with Crippen LogP contribution in [0.2, 0.25) is 5.02 Å². The largest absolute Gasteiger partial charge is 0.481 e. The van der Waals surface area contributed by atoms with Crippen LogP contribution in [-0.4, -0.2) is 38.7 Å². The minimum atomic E-state index is -3.69. The van der Waals surface area contributed by atoms with Crippen LogP contribution in [0, 0.1) is 11.8 Å². The maximum absolute atomic E-state index is 13.1. The predicted molar refractivity (Wildman–Crippen MR) is 157 cm³/mol. The molecule has 8 heteroatoms. The van der Waals surface area contributed by atoms with Crippen molar-refractivity contribution >= 4 is 27.6 Å². The smallest absolute Gasteiger partial charge is 0.303 e. The Hall–Kier alpha value is -2.71. The molecule has 2 N–H and O–H groups in total. The van der Waals surface area contributed by atoms with Crippen molar-refractivity contribution in [1.82, 2.24) is 4.72 Å². The number of halogens is 1. The number of unbranched alkanes of at least 4 members (excludes halogenated alkanes) is 3. The lowest BCUT2D eigenvalue weighted by Gasteiger charge is -2.40. The molecule has 0 amide bonds. The normalized spacial score (nSPS) is 23.9. The van der Waals surface area contributed by atoms with E-state index in [0.717, 1.165) is 37.7 Å². The van der Waals surface area contributed by atoms with Crippen LogP contribution in [0.4, 0.5) is 0 Å². The quantitative estimate of drug-likeness (QED) is 0.220. The van der Waals surface area contributed by atoms with Gasteiger partial charge in [-0.2, -0.15) is 0 Å². The molecule has 3 aromatic carbocycles. The summed E-state index contributed by atoms with van der Waals surface area (Å²) in [6.07, 6.45) is 5.50. The molecule has 1 saturated heterocycles. The number of carbonyl (C=O) groups is 1. The number of aliphatic carboxylic acids is 1. The second kappa shape index (κ2) is 12.4. The number of nitrogens with one attached hydrogen (secondary N) is 1. The molecule has 2 bridgehead atoms. The van der Waals surface area contributed by atoms with Crippen molar-refractivity contribution < 1.29 is 23.1 Å². The molecule has 4 atom stereocenters. The van der Waals surface area contributed by atoms with Crippen LogP contribution in [0.5, 0.6) is 0 Å². The monoisotopic (exact) mass is 581 g/mol. The lowest BCUT2D eigenvalue weighted by atomic mass is 9.68. The second-order valence-corrected chi connectivity index (χ2v) is 13.3. The molecule has 3 aromatic rings. The summed E-state index contributed by atoms with van der Waals surface area (Å²) in [5.41, 5.74) is 3.41. The Labute approximate surface area is 241 Å². The zero-order valence-corrected chi connectivity index (χ0v) is 24.0. The fraction of sp³-hybridized carbons (Fsp3) is 0.406. The number of fused-ring (bicyclic) bond motifs is 2. The third-order valence-corrected chi connectivity index (χ3v) is 10.4. The molecule has 212 valence electrons. The van der Waals surface area contributed by atoms with Crippen LogP contribution >= 0.6 is 11.6 Å². The Morgan fingerprint density at radius 1 is 0.925 bits per heavy atom. The molecule has 40 heavy (non-hydrogen) atoms. The van der Waals surface area contributed by atoms with E-state index in [4.69, 9.17) is 21.4 Å². The lowest BCUT2D eigenvalue weighted by molar-refractivity contribution is -0.137. The first-order valence-corrected chi connectivity index (χ1v) is 15.9. The Kier molecular flexibility index (Phi) is 8.95. The van der Waals surface area contributed by atoms with Crippen molar-refractivity contribution in [3.05, 3.63) is 89.4 Å². The third kappa shape index (κ3) is 6.28. The SMILES string of the molecule is O=C(O)CCCCCC[C@H]1[C@H](CNS(=O)(=O)c2ccc(Cl)cc2)C2CC1(c1ccc(-c3ccccc3)cc1)CO2. The Morgan fingerprint density at radius 2 is 1.60 bits per heavy atom. The number of carboxylic acids is 1. The van der Waals surface area contributed by atoms with E-state index < -0.39 is 16.0 Å². The Morgan fingerprint density at radius 3 is 2.30 bits per heavy atom. The highest BCUT2D eigenvalue weighted by molar-refractivity contribution is 7.89. The summed E-state index contributed by atoms with van der Waals surface area (Å²) >= 11 is 5.96. The zero-order chi connectivity index (χ0) is 28.2. The molecule has 6 nitrogen and oxygen atoms in total. The third-order valence-electron chi connectivity index (χ3n) is 8.68. The van der Waals surface area contributed by atoms with Gasteiger partial charge < -0.3 is 9.84 Å². The maximum atomic E-state index is 13.1. The van der Waals surface area contributed by atoms with Gasteiger partial charge in [0.05, 0.1) is 17.6 Å². The van der Waals surface area contributed by atoms with Crippen molar-refractivity contribution in [2.24, 2.45) is 11.8 Å². The van der Waals surface area contributed by atoms with Crippen molar-refractivity contribution in [3.8, 4) is 11.1 Å². The lowest BCUT2D eigenvalue weighted by Crippen LogP contribution is -2.44. The van der Waals surface area contributed by atoms with Gasteiger partial charge in [0.25, 0.3) is 0 Å². The van der Waals surface area contributed by atoms with Crippen LogP contribution < -0.4 is 4.72 Å². The summed E-state index contributed by atoms with van der Waals surface area (Å²) in [4.78, 5) is 11.1. The Bertz CT molecular complexity index is 1400. The second-order valence-electron chi connectivity index (χ2n) is 11.1. The summed E-state index contributed by atoms with van der Waals surface area (Å²) in [6, 6.07) is 25.3. The van der Waals surface area contributed by atoms with Gasteiger partial charge >= 0.3 is 5.97 Å². The molecule has 0 aromatic heterocycles. The van der Waals surface area contributed by atoms with Crippen molar-refractivity contribution in [3.63, 3.8) is 0 Å². The van der Waals surface area contributed by atoms with Crippen LogP contribution in [-0.2, 0) is 25.0 Å². The summed E-state index contributed by atoms with van der Waals surface area (Å²) in [5, 5.41) is 9.44. The van der Waals surface area contributed by atoms with Crippen LogP contribution in [0.3, 0.4) is 0 Å². The molecule has 2 fully saturated rings. The van der Waals surface area contributed by atoms with E-state index in [1.54, 1.807) is 12.1 Å². The average molecular weight is 582 g/mol. The molecule has 1 heterocycles. The van der Waals surface area contributed by atoms with Crippen LogP contribution in [0.15, 0.2) is 83.8 Å². The van der Waals surface area contributed by atoms with Crippen molar-refractivity contribution in [2.75, 3.05) is 13.2 Å². The summed E-state index contributed by atoms with van der Waals surface area (Å²) < 4.78 is 35.3. The molecular weight excluding hydrogens is 546 g/mol. The molecule has 2 aliphatic rings. The molecule has 1 aliphatic carbocycles. The van der Waals surface area contributed by atoms with Gasteiger partial charge in [-0.05, 0) is 66.1 Å². The van der Waals surface area contributed by atoms with E-state index in [-0.39, 0.29) is 34.7 Å². The van der Waals surface area contributed by atoms with E-state index in [9.17, 15) is 13.2 Å². The van der Waals surface area contributed by atoms with E-state index in [0.29, 0.717) is 24.6 Å². The van der Waals surface area contributed by atoms with Crippen molar-refractivity contribution in [1.29, 1.82) is 0 Å². The molecule has 0 radical (unpaired) electrons. The van der Waals surface area contributed by atoms with Gasteiger partial charge in [-0.15, -0.1) is 0 Å².